The molecule has 1 aromatic carbocycles. The number of hydrogen-bond donors (Lipinski definition) is 2. The Bertz CT molecular complexity index is 321. The van der Waals surface area contributed by atoms with Crippen LogP contribution in [0.3, 0.4) is 0 Å². The molecule has 1 aliphatic rings. The standard InChI is InChI=1S/C12H18N2O/c1-9-5-2-3-6-10(9)12(14-13)11-7-4-8-15-11/h2-3,5-6,11-12,14H,4,7-8,13H2,1H3. The predicted octanol–water partition coefficient (Wildman–Crippen LogP) is 1.68. The second kappa shape index (κ2) is 4.75. The Labute approximate surface area is 90.6 Å². The molecule has 1 heterocycles. The van der Waals surface area contributed by atoms with Crippen LogP contribution in [0.1, 0.15) is 30.0 Å². The van der Waals surface area contributed by atoms with E-state index in [1.807, 2.05) is 12.1 Å². The molecule has 15 heavy (non-hydrogen) atoms. The Morgan fingerprint density at radius 1 is 1.47 bits per heavy atom. The molecule has 0 amide bonds. The van der Waals surface area contributed by atoms with Gasteiger partial charge in [0, 0.05) is 6.61 Å². The molecule has 0 radical (unpaired) electrons. The zero-order valence-corrected chi connectivity index (χ0v) is 9.07. The third kappa shape index (κ3) is 2.20. The second-order valence-corrected chi connectivity index (χ2v) is 4.05. The summed E-state index contributed by atoms with van der Waals surface area (Å²) < 4.78 is 5.67. The summed E-state index contributed by atoms with van der Waals surface area (Å²) in [7, 11) is 0. The van der Waals surface area contributed by atoms with Crippen molar-refractivity contribution in [1.82, 2.24) is 5.43 Å². The fourth-order valence-corrected chi connectivity index (χ4v) is 2.20. The van der Waals surface area contributed by atoms with Crippen LogP contribution in [0.4, 0.5) is 0 Å². The van der Waals surface area contributed by atoms with Gasteiger partial charge in [-0.05, 0) is 30.9 Å². The van der Waals surface area contributed by atoms with Crippen molar-refractivity contribution < 1.29 is 4.74 Å². The molecule has 0 saturated carbocycles. The first kappa shape index (κ1) is 10.6. The number of nitrogens with one attached hydrogen (secondary N) is 1. The summed E-state index contributed by atoms with van der Waals surface area (Å²) in [6, 6.07) is 8.42. The highest BCUT2D eigenvalue weighted by Crippen LogP contribution is 2.27. The molecule has 2 rings (SSSR count). The minimum Gasteiger partial charge on any atom is -0.376 e. The van der Waals surface area contributed by atoms with Gasteiger partial charge in [0.25, 0.3) is 0 Å². The summed E-state index contributed by atoms with van der Waals surface area (Å²) >= 11 is 0. The van der Waals surface area contributed by atoms with Crippen LogP contribution < -0.4 is 11.3 Å². The lowest BCUT2D eigenvalue weighted by Gasteiger charge is -2.23. The average molecular weight is 206 g/mol. The molecule has 3 heteroatoms. The first-order valence-electron chi connectivity index (χ1n) is 5.46. The van der Waals surface area contributed by atoms with E-state index in [2.05, 4.69) is 24.5 Å². The van der Waals surface area contributed by atoms with E-state index in [-0.39, 0.29) is 12.1 Å². The number of benzene rings is 1. The van der Waals surface area contributed by atoms with Crippen molar-refractivity contribution in [2.45, 2.75) is 31.9 Å². The van der Waals surface area contributed by atoms with E-state index in [9.17, 15) is 0 Å². The third-order valence-corrected chi connectivity index (χ3v) is 3.04. The maximum absolute atomic E-state index is 5.67. The molecular formula is C12H18N2O. The predicted molar refractivity (Wildman–Crippen MR) is 60.2 cm³/mol. The summed E-state index contributed by atoms with van der Waals surface area (Å²) in [6.07, 6.45) is 2.44. The van der Waals surface area contributed by atoms with Gasteiger partial charge in [-0.25, -0.2) is 0 Å². The zero-order valence-electron chi connectivity index (χ0n) is 9.07. The Hall–Kier alpha value is -0.900. The van der Waals surface area contributed by atoms with Crippen LogP contribution in [0.2, 0.25) is 0 Å². The SMILES string of the molecule is Cc1ccccc1C(NN)C1CCCO1. The van der Waals surface area contributed by atoms with Crippen molar-refractivity contribution in [2.24, 2.45) is 5.84 Å². The van der Waals surface area contributed by atoms with E-state index in [0.717, 1.165) is 19.4 Å². The maximum Gasteiger partial charge on any atom is 0.0783 e. The van der Waals surface area contributed by atoms with Gasteiger partial charge in [0.15, 0.2) is 0 Å². The lowest BCUT2D eigenvalue weighted by atomic mass is 9.96. The van der Waals surface area contributed by atoms with E-state index in [1.54, 1.807) is 0 Å². The molecule has 2 unspecified atom stereocenters. The van der Waals surface area contributed by atoms with Gasteiger partial charge in [0.1, 0.15) is 0 Å². The highest BCUT2D eigenvalue weighted by atomic mass is 16.5. The van der Waals surface area contributed by atoms with Gasteiger partial charge in [0.2, 0.25) is 0 Å². The lowest BCUT2D eigenvalue weighted by Crippen LogP contribution is -2.36. The Morgan fingerprint density at radius 3 is 2.87 bits per heavy atom. The van der Waals surface area contributed by atoms with Crippen LogP contribution in [-0.2, 0) is 4.74 Å². The van der Waals surface area contributed by atoms with Crippen LogP contribution in [0, 0.1) is 6.92 Å². The third-order valence-electron chi connectivity index (χ3n) is 3.04. The zero-order chi connectivity index (χ0) is 10.7. The van der Waals surface area contributed by atoms with Gasteiger partial charge in [0.05, 0.1) is 12.1 Å². The number of aryl methyl sites for hydroxylation is 1. The van der Waals surface area contributed by atoms with Gasteiger partial charge >= 0.3 is 0 Å². The van der Waals surface area contributed by atoms with Crippen LogP contribution in [0.15, 0.2) is 24.3 Å². The van der Waals surface area contributed by atoms with Crippen molar-refractivity contribution >= 4 is 0 Å². The maximum atomic E-state index is 5.67. The molecule has 1 aromatic rings. The quantitative estimate of drug-likeness (QED) is 0.584. The van der Waals surface area contributed by atoms with E-state index in [0.29, 0.717) is 0 Å². The molecule has 0 aromatic heterocycles. The molecule has 0 aliphatic carbocycles. The van der Waals surface area contributed by atoms with Gasteiger partial charge < -0.3 is 4.74 Å². The Morgan fingerprint density at radius 2 is 2.27 bits per heavy atom. The summed E-state index contributed by atoms with van der Waals surface area (Å²) in [5.74, 6) is 5.62. The van der Waals surface area contributed by atoms with Crippen LogP contribution >= 0.6 is 0 Å². The normalized spacial score (nSPS) is 22.9. The number of ether oxygens (including phenoxy) is 1. The summed E-state index contributed by atoms with van der Waals surface area (Å²) in [6.45, 7) is 2.96. The summed E-state index contributed by atoms with van der Waals surface area (Å²) in [5.41, 5.74) is 5.38. The van der Waals surface area contributed by atoms with E-state index >= 15 is 0 Å². The first-order chi connectivity index (χ1) is 7.33. The number of nitrogens with two attached hydrogens (primary N) is 1. The average Bonchev–Trinajstić information content (AvgIpc) is 2.75. The Balaban J connectivity index is 2.22. The smallest absolute Gasteiger partial charge is 0.0783 e. The highest BCUT2D eigenvalue weighted by Gasteiger charge is 2.27. The van der Waals surface area contributed by atoms with Crippen molar-refractivity contribution in [1.29, 1.82) is 0 Å². The summed E-state index contributed by atoms with van der Waals surface area (Å²) in [4.78, 5) is 0. The minimum absolute atomic E-state index is 0.119. The Kier molecular flexibility index (Phi) is 3.36. The monoisotopic (exact) mass is 206 g/mol. The first-order valence-corrected chi connectivity index (χ1v) is 5.46. The molecule has 1 aliphatic heterocycles. The molecule has 2 atom stereocenters. The van der Waals surface area contributed by atoms with Crippen molar-refractivity contribution in [3.63, 3.8) is 0 Å². The molecule has 3 N–H and O–H groups in total. The van der Waals surface area contributed by atoms with Crippen molar-refractivity contribution in [2.75, 3.05) is 6.61 Å². The van der Waals surface area contributed by atoms with Crippen molar-refractivity contribution in [3.8, 4) is 0 Å². The number of hydrazine groups is 1. The lowest BCUT2D eigenvalue weighted by molar-refractivity contribution is 0.0781. The molecule has 82 valence electrons. The number of hydrogen-bond acceptors (Lipinski definition) is 3. The van der Waals surface area contributed by atoms with Gasteiger partial charge in [-0.2, -0.15) is 0 Å². The van der Waals surface area contributed by atoms with Crippen molar-refractivity contribution in [3.05, 3.63) is 35.4 Å². The minimum atomic E-state index is 0.119. The topological polar surface area (TPSA) is 47.3 Å². The molecule has 1 saturated heterocycles. The van der Waals surface area contributed by atoms with E-state index < -0.39 is 0 Å². The van der Waals surface area contributed by atoms with E-state index in [1.165, 1.54) is 11.1 Å². The van der Waals surface area contributed by atoms with Crippen LogP contribution in [0.5, 0.6) is 0 Å². The molecular weight excluding hydrogens is 188 g/mol. The largest absolute Gasteiger partial charge is 0.376 e. The second-order valence-electron chi connectivity index (χ2n) is 4.05. The van der Waals surface area contributed by atoms with E-state index in [4.69, 9.17) is 10.6 Å². The highest BCUT2D eigenvalue weighted by molar-refractivity contribution is 5.29. The van der Waals surface area contributed by atoms with Crippen LogP contribution in [-0.4, -0.2) is 12.7 Å². The fraction of sp³-hybridized carbons (Fsp3) is 0.500. The van der Waals surface area contributed by atoms with Gasteiger partial charge in [-0.3, -0.25) is 11.3 Å². The fourth-order valence-electron chi connectivity index (χ4n) is 2.20. The molecule has 3 nitrogen and oxygen atoms in total. The van der Waals surface area contributed by atoms with Gasteiger partial charge in [-0.15, -0.1) is 0 Å². The number of rotatable bonds is 3. The van der Waals surface area contributed by atoms with Crippen LogP contribution in [0.25, 0.3) is 0 Å². The molecule has 0 spiro atoms. The molecule has 1 fully saturated rings. The molecule has 0 bridgehead atoms. The summed E-state index contributed by atoms with van der Waals surface area (Å²) in [5, 5.41) is 0. The van der Waals surface area contributed by atoms with Gasteiger partial charge in [-0.1, -0.05) is 24.3 Å².